The Bertz CT molecular complexity index is 673. The third-order valence-corrected chi connectivity index (χ3v) is 2.75. The van der Waals surface area contributed by atoms with E-state index < -0.39 is 5.97 Å². The number of aromatic carboxylic acids is 1. The Labute approximate surface area is 116 Å². The lowest BCUT2D eigenvalue weighted by molar-refractivity contribution is 0.0697. The first-order chi connectivity index (χ1) is 9.03. The van der Waals surface area contributed by atoms with Crippen LogP contribution in [0.4, 0.5) is 5.69 Å². The molecular formula is C12H5BrN4O2. The zero-order valence-corrected chi connectivity index (χ0v) is 10.9. The van der Waals surface area contributed by atoms with Crippen molar-refractivity contribution in [2.75, 3.05) is 5.32 Å². The van der Waals surface area contributed by atoms with Crippen LogP contribution in [-0.4, -0.2) is 11.1 Å². The number of anilines is 1. The number of carboxylic acids is 1. The van der Waals surface area contributed by atoms with Gasteiger partial charge in [0.05, 0.1) is 11.3 Å². The van der Waals surface area contributed by atoms with E-state index >= 15 is 0 Å². The summed E-state index contributed by atoms with van der Waals surface area (Å²) in [5.41, 5.74) is -0.332. The Morgan fingerprint density at radius 3 is 2.32 bits per heavy atom. The fourth-order valence-corrected chi connectivity index (χ4v) is 1.52. The molecule has 6 nitrogen and oxygen atoms in total. The normalized spacial score (nSPS) is 8.53. The van der Waals surface area contributed by atoms with E-state index in [2.05, 4.69) is 21.2 Å². The van der Waals surface area contributed by atoms with Crippen molar-refractivity contribution in [3.8, 4) is 18.2 Å². The van der Waals surface area contributed by atoms with E-state index in [9.17, 15) is 4.79 Å². The maximum atomic E-state index is 10.8. The Morgan fingerprint density at radius 1 is 1.21 bits per heavy atom. The third kappa shape index (κ3) is 3.32. The summed E-state index contributed by atoms with van der Waals surface area (Å²) < 4.78 is 0.500. The number of carbonyl (C=O) groups is 1. The van der Waals surface area contributed by atoms with Gasteiger partial charge in [-0.15, -0.1) is 0 Å². The van der Waals surface area contributed by atoms with Crippen molar-refractivity contribution in [2.45, 2.75) is 0 Å². The number of nitriles is 3. The lowest BCUT2D eigenvalue weighted by atomic mass is 10.2. The van der Waals surface area contributed by atoms with Gasteiger partial charge in [0.1, 0.15) is 23.9 Å². The molecule has 2 N–H and O–H groups in total. The molecule has 0 bridgehead atoms. The minimum Gasteiger partial charge on any atom is -0.478 e. The molecule has 1 aromatic carbocycles. The van der Waals surface area contributed by atoms with E-state index in [1.807, 2.05) is 0 Å². The molecule has 0 radical (unpaired) electrons. The number of rotatable bonds is 3. The number of benzene rings is 1. The molecule has 7 heteroatoms. The van der Waals surface area contributed by atoms with Gasteiger partial charge in [-0.1, -0.05) is 0 Å². The number of halogens is 1. The van der Waals surface area contributed by atoms with E-state index in [4.69, 9.17) is 20.9 Å². The highest BCUT2D eigenvalue weighted by Crippen LogP contribution is 2.25. The molecule has 0 aliphatic carbocycles. The van der Waals surface area contributed by atoms with Crippen molar-refractivity contribution < 1.29 is 9.90 Å². The Hall–Kier alpha value is -2.82. The third-order valence-electron chi connectivity index (χ3n) is 2.06. The summed E-state index contributed by atoms with van der Waals surface area (Å²) in [7, 11) is 0. The van der Waals surface area contributed by atoms with Crippen LogP contribution in [-0.2, 0) is 0 Å². The highest BCUT2D eigenvalue weighted by atomic mass is 79.9. The maximum Gasteiger partial charge on any atom is 0.335 e. The van der Waals surface area contributed by atoms with Gasteiger partial charge in [0.2, 0.25) is 0 Å². The van der Waals surface area contributed by atoms with Gasteiger partial charge in [0, 0.05) is 4.47 Å². The van der Waals surface area contributed by atoms with Crippen LogP contribution in [0.5, 0.6) is 0 Å². The highest BCUT2D eigenvalue weighted by Gasteiger charge is 2.11. The summed E-state index contributed by atoms with van der Waals surface area (Å²) in [6.45, 7) is 0. The first kappa shape index (κ1) is 14.2. The molecule has 0 fully saturated rings. The van der Waals surface area contributed by atoms with Gasteiger partial charge in [-0.3, -0.25) is 0 Å². The highest BCUT2D eigenvalue weighted by molar-refractivity contribution is 9.10. The summed E-state index contributed by atoms with van der Waals surface area (Å²) in [6.07, 6.45) is 0. The summed E-state index contributed by atoms with van der Waals surface area (Å²) in [5.74, 6) is -1.13. The molecule has 19 heavy (non-hydrogen) atoms. The van der Waals surface area contributed by atoms with E-state index in [0.717, 1.165) is 0 Å². The van der Waals surface area contributed by atoms with Gasteiger partial charge in [-0.25, -0.2) is 4.79 Å². The molecule has 0 unspecified atom stereocenters. The Balaban J connectivity index is 3.27. The number of hydrogen-bond acceptors (Lipinski definition) is 5. The van der Waals surface area contributed by atoms with Crippen LogP contribution in [0, 0.1) is 34.0 Å². The Morgan fingerprint density at radius 2 is 1.84 bits per heavy atom. The number of carboxylic acid groups (broad SMARTS) is 1. The molecule has 1 aromatic rings. The lowest BCUT2D eigenvalue weighted by Gasteiger charge is -2.08. The topological polar surface area (TPSA) is 121 Å². The first-order valence-corrected chi connectivity index (χ1v) is 5.57. The average molecular weight is 317 g/mol. The van der Waals surface area contributed by atoms with E-state index in [-0.39, 0.29) is 22.5 Å². The van der Waals surface area contributed by atoms with Crippen molar-refractivity contribution in [1.82, 2.24) is 0 Å². The first-order valence-electron chi connectivity index (χ1n) is 4.78. The molecular weight excluding hydrogens is 312 g/mol. The predicted octanol–water partition coefficient (Wildman–Crippen LogP) is 2.38. The molecule has 1 rings (SSSR count). The molecule has 0 aliphatic rings. The molecule has 0 saturated carbocycles. The number of allylic oxidation sites excluding steroid dienone is 2. The van der Waals surface area contributed by atoms with Crippen molar-refractivity contribution >= 4 is 27.6 Å². The second-order valence-corrected chi connectivity index (χ2v) is 4.06. The van der Waals surface area contributed by atoms with Crippen LogP contribution in [0.15, 0.2) is 33.9 Å². The van der Waals surface area contributed by atoms with Crippen LogP contribution in [0.1, 0.15) is 10.4 Å². The lowest BCUT2D eigenvalue weighted by Crippen LogP contribution is -2.03. The Kier molecular flexibility index (Phi) is 4.65. The smallest absolute Gasteiger partial charge is 0.335 e. The monoisotopic (exact) mass is 316 g/mol. The van der Waals surface area contributed by atoms with Crippen LogP contribution in [0.25, 0.3) is 0 Å². The van der Waals surface area contributed by atoms with Gasteiger partial charge in [-0.2, -0.15) is 15.8 Å². The van der Waals surface area contributed by atoms with E-state index in [1.165, 1.54) is 18.2 Å². The standard InChI is InChI=1S/C12H5BrN4O2/c13-9-2-1-7(12(18)19)3-10(9)17-11(6-16)8(4-14)5-15/h1-3,17H,(H,18,19). The maximum absolute atomic E-state index is 10.8. The van der Waals surface area contributed by atoms with Crippen LogP contribution in [0.2, 0.25) is 0 Å². The fraction of sp³-hybridized carbons (Fsp3) is 0. The summed E-state index contributed by atoms with van der Waals surface area (Å²) in [5, 5.41) is 37.7. The van der Waals surface area contributed by atoms with Crippen molar-refractivity contribution in [3.05, 3.63) is 39.5 Å². The van der Waals surface area contributed by atoms with Gasteiger partial charge in [0.15, 0.2) is 5.57 Å². The summed E-state index contributed by atoms with van der Waals surface area (Å²) in [4.78, 5) is 10.8. The van der Waals surface area contributed by atoms with Crippen molar-refractivity contribution in [1.29, 1.82) is 15.8 Å². The molecule has 0 atom stereocenters. The second kappa shape index (κ2) is 6.20. The largest absolute Gasteiger partial charge is 0.478 e. The van der Waals surface area contributed by atoms with E-state index in [1.54, 1.807) is 18.2 Å². The van der Waals surface area contributed by atoms with Gasteiger partial charge < -0.3 is 10.4 Å². The molecule has 0 amide bonds. The minimum atomic E-state index is -1.13. The van der Waals surface area contributed by atoms with Crippen LogP contribution >= 0.6 is 15.9 Å². The van der Waals surface area contributed by atoms with Crippen molar-refractivity contribution in [3.63, 3.8) is 0 Å². The second-order valence-electron chi connectivity index (χ2n) is 3.21. The van der Waals surface area contributed by atoms with Gasteiger partial charge >= 0.3 is 5.97 Å². The molecule has 0 heterocycles. The van der Waals surface area contributed by atoms with Crippen molar-refractivity contribution in [2.24, 2.45) is 0 Å². The molecule has 0 aliphatic heterocycles. The van der Waals surface area contributed by atoms with Crippen LogP contribution in [0.3, 0.4) is 0 Å². The van der Waals surface area contributed by atoms with Gasteiger partial charge in [0.25, 0.3) is 0 Å². The zero-order chi connectivity index (χ0) is 14.4. The zero-order valence-electron chi connectivity index (χ0n) is 9.31. The van der Waals surface area contributed by atoms with Gasteiger partial charge in [-0.05, 0) is 34.1 Å². The minimum absolute atomic E-state index is 0.0125. The molecule has 92 valence electrons. The summed E-state index contributed by atoms with van der Waals surface area (Å²) >= 11 is 3.18. The van der Waals surface area contributed by atoms with Crippen LogP contribution < -0.4 is 5.32 Å². The number of hydrogen-bond donors (Lipinski definition) is 2. The van der Waals surface area contributed by atoms with E-state index in [0.29, 0.717) is 4.47 Å². The fourth-order valence-electron chi connectivity index (χ4n) is 1.17. The molecule has 0 saturated heterocycles. The summed E-state index contributed by atoms with van der Waals surface area (Å²) in [6, 6.07) is 9.00. The average Bonchev–Trinajstić information content (AvgIpc) is 2.40. The molecule has 0 aromatic heterocycles. The SMILES string of the molecule is N#CC(C#N)=C(C#N)Nc1cc(C(=O)O)ccc1Br. The molecule has 0 spiro atoms. The quantitative estimate of drug-likeness (QED) is 0.826. The number of nitrogens with zero attached hydrogens (tertiary/aromatic N) is 3. The predicted molar refractivity (Wildman–Crippen MR) is 68.6 cm³/mol. The number of nitrogens with one attached hydrogen (secondary N) is 1.